The van der Waals surface area contributed by atoms with E-state index in [2.05, 4.69) is 53.9 Å². The Balaban J connectivity index is 1.50. The highest BCUT2D eigenvalue weighted by Gasteiger charge is 2.35. The summed E-state index contributed by atoms with van der Waals surface area (Å²) >= 11 is 0. The van der Waals surface area contributed by atoms with E-state index in [0.29, 0.717) is 0 Å². The molecular weight excluding hydrogens is 258 g/mol. The molecule has 108 valence electrons. The predicted molar refractivity (Wildman–Crippen MR) is 83.8 cm³/mol. The van der Waals surface area contributed by atoms with Crippen molar-refractivity contribution in [1.82, 2.24) is 5.32 Å². The van der Waals surface area contributed by atoms with Crippen LogP contribution in [0.15, 0.2) is 65.3 Å². The van der Waals surface area contributed by atoms with Gasteiger partial charge in [0.1, 0.15) is 5.76 Å². The van der Waals surface area contributed by atoms with E-state index in [-0.39, 0.29) is 6.04 Å². The zero-order valence-electron chi connectivity index (χ0n) is 12.1. The molecule has 2 nitrogen and oxygen atoms in total. The Morgan fingerprint density at radius 1 is 1.05 bits per heavy atom. The predicted octanol–water partition coefficient (Wildman–Crippen LogP) is 4.17. The van der Waals surface area contributed by atoms with Gasteiger partial charge in [-0.3, -0.25) is 0 Å². The maximum Gasteiger partial charge on any atom is 0.125 e. The van der Waals surface area contributed by atoms with Crippen LogP contribution in [0.5, 0.6) is 0 Å². The first-order valence-electron chi connectivity index (χ1n) is 7.90. The lowest BCUT2D eigenvalue weighted by atomic mass is 9.93. The topological polar surface area (TPSA) is 25.2 Å². The van der Waals surface area contributed by atoms with Crippen molar-refractivity contribution < 1.29 is 4.42 Å². The second kappa shape index (κ2) is 5.53. The van der Waals surface area contributed by atoms with E-state index in [1.54, 1.807) is 6.26 Å². The zero-order chi connectivity index (χ0) is 14.1. The SMILES string of the molecule is C1=CC2CC1CC2CNC(c1ccccc1)c1ccco1. The number of rotatable bonds is 5. The van der Waals surface area contributed by atoms with Gasteiger partial charge in [-0.05, 0) is 54.8 Å². The van der Waals surface area contributed by atoms with E-state index in [0.717, 1.165) is 30.1 Å². The molecule has 2 aliphatic carbocycles. The van der Waals surface area contributed by atoms with Crippen LogP contribution < -0.4 is 5.32 Å². The van der Waals surface area contributed by atoms with Crippen molar-refractivity contribution in [1.29, 1.82) is 0 Å². The van der Waals surface area contributed by atoms with Gasteiger partial charge in [0.15, 0.2) is 0 Å². The first-order chi connectivity index (χ1) is 10.4. The fourth-order valence-corrected chi connectivity index (χ4v) is 3.88. The van der Waals surface area contributed by atoms with Crippen LogP contribution in [0.2, 0.25) is 0 Å². The third kappa shape index (κ3) is 2.56. The summed E-state index contributed by atoms with van der Waals surface area (Å²) in [5.74, 6) is 3.40. The Morgan fingerprint density at radius 3 is 2.62 bits per heavy atom. The number of furan rings is 1. The Labute approximate surface area is 125 Å². The van der Waals surface area contributed by atoms with E-state index >= 15 is 0 Å². The molecule has 0 radical (unpaired) electrons. The van der Waals surface area contributed by atoms with Crippen molar-refractivity contribution in [2.45, 2.75) is 18.9 Å². The third-order valence-electron chi connectivity index (χ3n) is 4.96. The van der Waals surface area contributed by atoms with Crippen molar-refractivity contribution in [3.63, 3.8) is 0 Å². The summed E-state index contributed by atoms with van der Waals surface area (Å²) in [6.07, 6.45) is 9.29. The normalized spacial score (nSPS) is 28.1. The molecule has 4 atom stereocenters. The van der Waals surface area contributed by atoms with Crippen molar-refractivity contribution in [2.75, 3.05) is 6.54 Å². The number of hydrogen-bond acceptors (Lipinski definition) is 2. The van der Waals surface area contributed by atoms with Crippen LogP contribution in [0.4, 0.5) is 0 Å². The molecule has 0 amide bonds. The van der Waals surface area contributed by atoms with Crippen molar-refractivity contribution in [3.05, 3.63) is 72.2 Å². The van der Waals surface area contributed by atoms with Crippen molar-refractivity contribution in [3.8, 4) is 0 Å². The summed E-state index contributed by atoms with van der Waals surface area (Å²) in [5, 5.41) is 3.74. The molecule has 1 aromatic carbocycles. The lowest BCUT2D eigenvalue weighted by molar-refractivity contribution is 0.375. The van der Waals surface area contributed by atoms with Crippen molar-refractivity contribution >= 4 is 0 Å². The molecule has 1 fully saturated rings. The van der Waals surface area contributed by atoms with Gasteiger partial charge in [-0.2, -0.15) is 0 Å². The van der Waals surface area contributed by atoms with Crippen LogP contribution >= 0.6 is 0 Å². The van der Waals surface area contributed by atoms with Gasteiger partial charge in [-0.15, -0.1) is 0 Å². The third-order valence-corrected chi connectivity index (χ3v) is 4.96. The molecule has 2 bridgehead atoms. The molecule has 0 saturated heterocycles. The average Bonchev–Trinajstić information content (AvgIpc) is 3.26. The number of nitrogens with one attached hydrogen (secondary N) is 1. The second-order valence-electron chi connectivity index (χ2n) is 6.31. The minimum Gasteiger partial charge on any atom is -0.467 e. The first kappa shape index (κ1) is 12.9. The summed E-state index contributed by atoms with van der Waals surface area (Å²) < 4.78 is 5.65. The van der Waals surface area contributed by atoms with Crippen LogP contribution in [0.1, 0.15) is 30.2 Å². The molecule has 1 heterocycles. The van der Waals surface area contributed by atoms with Crippen LogP contribution in [-0.2, 0) is 0 Å². The van der Waals surface area contributed by atoms with Gasteiger partial charge >= 0.3 is 0 Å². The number of allylic oxidation sites excluding steroid dienone is 2. The second-order valence-corrected chi connectivity index (χ2v) is 6.31. The Kier molecular flexibility index (Phi) is 3.40. The molecule has 0 spiro atoms. The van der Waals surface area contributed by atoms with E-state index in [1.165, 1.54) is 18.4 Å². The first-order valence-corrected chi connectivity index (χ1v) is 7.90. The highest BCUT2D eigenvalue weighted by atomic mass is 16.3. The standard InChI is InChI=1S/C19H21NO/c1-2-5-15(6-3-1)19(18-7-4-10-21-18)20-13-17-12-14-8-9-16(17)11-14/h1-10,14,16-17,19-20H,11-13H2. The van der Waals surface area contributed by atoms with Crippen molar-refractivity contribution in [2.24, 2.45) is 17.8 Å². The van der Waals surface area contributed by atoms with Crippen LogP contribution in [0.3, 0.4) is 0 Å². The molecule has 1 aromatic heterocycles. The summed E-state index contributed by atoms with van der Waals surface area (Å²) in [5.41, 5.74) is 1.27. The smallest absolute Gasteiger partial charge is 0.125 e. The number of fused-ring (bicyclic) bond motifs is 2. The van der Waals surface area contributed by atoms with Gasteiger partial charge in [-0.1, -0.05) is 42.5 Å². The lowest BCUT2D eigenvalue weighted by Gasteiger charge is -2.23. The maximum absolute atomic E-state index is 5.65. The van der Waals surface area contributed by atoms with Gasteiger partial charge < -0.3 is 9.73 Å². The maximum atomic E-state index is 5.65. The molecular formula is C19H21NO. The van der Waals surface area contributed by atoms with Crippen LogP contribution in [-0.4, -0.2) is 6.54 Å². The van der Waals surface area contributed by atoms with Crippen LogP contribution in [0.25, 0.3) is 0 Å². The summed E-state index contributed by atoms with van der Waals surface area (Å²) in [7, 11) is 0. The zero-order valence-corrected chi connectivity index (χ0v) is 12.1. The van der Waals surface area contributed by atoms with Gasteiger partial charge in [0, 0.05) is 0 Å². The van der Waals surface area contributed by atoms with E-state index in [9.17, 15) is 0 Å². The number of benzene rings is 1. The molecule has 2 aromatic rings. The largest absolute Gasteiger partial charge is 0.467 e. The minimum absolute atomic E-state index is 0.157. The monoisotopic (exact) mass is 279 g/mol. The molecule has 1 saturated carbocycles. The Morgan fingerprint density at radius 2 is 1.95 bits per heavy atom. The van der Waals surface area contributed by atoms with Gasteiger partial charge in [0.25, 0.3) is 0 Å². The van der Waals surface area contributed by atoms with E-state index < -0.39 is 0 Å². The fourth-order valence-electron chi connectivity index (χ4n) is 3.88. The molecule has 2 aliphatic rings. The molecule has 0 aliphatic heterocycles. The molecule has 4 unspecified atom stereocenters. The minimum atomic E-state index is 0.157. The molecule has 21 heavy (non-hydrogen) atoms. The molecule has 1 N–H and O–H groups in total. The summed E-state index contributed by atoms with van der Waals surface area (Å²) in [6, 6.07) is 14.8. The fraction of sp³-hybridized carbons (Fsp3) is 0.368. The van der Waals surface area contributed by atoms with Gasteiger partial charge in [0.2, 0.25) is 0 Å². The van der Waals surface area contributed by atoms with E-state index in [1.807, 2.05) is 6.07 Å². The average molecular weight is 279 g/mol. The summed E-state index contributed by atoms with van der Waals surface area (Å²) in [6.45, 7) is 1.06. The molecule has 4 rings (SSSR count). The van der Waals surface area contributed by atoms with Crippen LogP contribution in [0, 0.1) is 17.8 Å². The Bertz CT molecular complexity index is 602. The number of hydrogen-bond donors (Lipinski definition) is 1. The highest BCUT2D eigenvalue weighted by molar-refractivity contribution is 5.26. The molecule has 2 heteroatoms. The summed E-state index contributed by atoms with van der Waals surface area (Å²) in [4.78, 5) is 0. The highest BCUT2D eigenvalue weighted by Crippen LogP contribution is 2.43. The quantitative estimate of drug-likeness (QED) is 0.831. The van der Waals surface area contributed by atoms with Gasteiger partial charge in [-0.25, -0.2) is 0 Å². The van der Waals surface area contributed by atoms with E-state index in [4.69, 9.17) is 4.42 Å². The Hall–Kier alpha value is -1.80. The lowest BCUT2D eigenvalue weighted by Crippen LogP contribution is -2.29. The van der Waals surface area contributed by atoms with Gasteiger partial charge in [0.05, 0.1) is 12.3 Å².